The van der Waals surface area contributed by atoms with Gasteiger partial charge in [0.15, 0.2) is 0 Å². The standard InChI is InChI=1S/C64H44N2/c1-5-20-45(21-6-1)50-40-43-62(59(44-50)47-24-9-3-10-25-47)65(60-36-15-13-30-55(60)57-34-18-27-49-26-17-32-53(63(49)57)46-22-7-2-8-23-46)52-41-38-48(39-42-52)54-33-19-35-58-56-31-14-16-37-61(56)66(64(54)58)51-28-11-4-12-29-51/h1-44H. The SMILES string of the molecule is c1ccc(-c2ccc(N(c3ccc(-c4cccc5c6ccccc6n(-c6ccccc6)c45)cc3)c3ccccc3-c3cccc4cccc(-c5ccccc5)c34)c(-c3ccccc3)c2)cc1. The van der Waals surface area contributed by atoms with Crippen LogP contribution in [0.15, 0.2) is 267 Å². The molecule has 0 atom stereocenters. The van der Waals surface area contributed by atoms with Crippen LogP contribution in [0.2, 0.25) is 0 Å². The van der Waals surface area contributed by atoms with E-state index in [9.17, 15) is 0 Å². The molecule has 1 aromatic heterocycles. The van der Waals surface area contributed by atoms with Gasteiger partial charge in [-0.2, -0.15) is 0 Å². The molecule has 0 fully saturated rings. The lowest BCUT2D eigenvalue weighted by atomic mass is 9.90. The summed E-state index contributed by atoms with van der Waals surface area (Å²) < 4.78 is 2.42. The molecule has 0 saturated carbocycles. The van der Waals surface area contributed by atoms with Crippen molar-refractivity contribution in [3.05, 3.63) is 267 Å². The molecule has 0 aliphatic rings. The van der Waals surface area contributed by atoms with Crippen molar-refractivity contribution in [1.29, 1.82) is 0 Å². The highest BCUT2D eigenvalue weighted by molar-refractivity contribution is 6.14. The van der Waals surface area contributed by atoms with Crippen LogP contribution in [-0.2, 0) is 0 Å². The third-order valence-electron chi connectivity index (χ3n) is 13.0. The van der Waals surface area contributed by atoms with Gasteiger partial charge < -0.3 is 9.47 Å². The fraction of sp³-hybridized carbons (Fsp3) is 0. The van der Waals surface area contributed by atoms with Gasteiger partial charge in [0.25, 0.3) is 0 Å². The molecule has 12 aromatic rings. The summed E-state index contributed by atoms with van der Waals surface area (Å²) in [5.41, 5.74) is 18.5. The lowest BCUT2D eigenvalue weighted by Crippen LogP contribution is -2.12. The van der Waals surface area contributed by atoms with Gasteiger partial charge in [-0.1, -0.05) is 218 Å². The van der Waals surface area contributed by atoms with E-state index in [-0.39, 0.29) is 0 Å². The van der Waals surface area contributed by atoms with Crippen LogP contribution >= 0.6 is 0 Å². The average Bonchev–Trinajstić information content (AvgIpc) is 3.74. The highest BCUT2D eigenvalue weighted by atomic mass is 15.1. The summed E-state index contributed by atoms with van der Waals surface area (Å²) in [6.45, 7) is 0. The molecule has 0 aliphatic heterocycles. The zero-order valence-electron chi connectivity index (χ0n) is 36.3. The smallest absolute Gasteiger partial charge is 0.0619 e. The van der Waals surface area contributed by atoms with Gasteiger partial charge in [0.2, 0.25) is 0 Å². The Morgan fingerprint density at radius 3 is 1.52 bits per heavy atom. The maximum atomic E-state index is 2.47. The summed E-state index contributed by atoms with van der Waals surface area (Å²) in [7, 11) is 0. The monoisotopic (exact) mass is 840 g/mol. The van der Waals surface area contributed by atoms with Gasteiger partial charge >= 0.3 is 0 Å². The first-order valence-electron chi connectivity index (χ1n) is 22.7. The van der Waals surface area contributed by atoms with E-state index in [1.807, 2.05) is 0 Å². The fourth-order valence-electron chi connectivity index (χ4n) is 10.0. The second-order valence-corrected chi connectivity index (χ2v) is 16.8. The number of hydrogen-bond donors (Lipinski definition) is 0. The summed E-state index contributed by atoms with van der Waals surface area (Å²) in [6.07, 6.45) is 0. The Hall–Kier alpha value is -8.72. The first-order valence-corrected chi connectivity index (χ1v) is 22.7. The van der Waals surface area contributed by atoms with Crippen LogP contribution in [0.1, 0.15) is 0 Å². The molecule has 2 heteroatoms. The third kappa shape index (κ3) is 6.84. The second kappa shape index (κ2) is 16.8. The summed E-state index contributed by atoms with van der Waals surface area (Å²) in [5.74, 6) is 0. The lowest BCUT2D eigenvalue weighted by molar-refractivity contribution is 1.18. The number of nitrogens with zero attached hydrogens (tertiary/aromatic N) is 2. The second-order valence-electron chi connectivity index (χ2n) is 16.8. The molecule has 1 heterocycles. The maximum absolute atomic E-state index is 2.47. The predicted molar refractivity (Wildman–Crippen MR) is 280 cm³/mol. The van der Waals surface area contributed by atoms with Crippen molar-refractivity contribution in [2.45, 2.75) is 0 Å². The van der Waals surface area contributed by atoms with Crippen molar-refractivity contribution < 1.29 is 0 Å². The van der Waals surface area contributed by atoms with Gasteiger partial charge in [-0.15, -0.1) is 0 Å². The van der Waals surface area contributed by atoms with Gasteiger partial charge in [0.1, 0.15) is 0 Å². The molecule has 66 heavy (non-hydrogen) atoms. The molecule has 0 radical (unpaired) electrons. The molecular weight excluding hydrogens is 797 g/mol. The Morgan fingerprint density at radius 2 is 0.788 bits per heavy atom. The van der Waals surface area contributed by atoms with Crippen LogP contribution in [-0.4, -0.2) is 4.57 Å². The van der Waals surface area contributed by atoms with E-state index in [4.69, 9.17) is 0 Å². The molecule has 310 valence electrons. The number of hydrogen-bond acceptors (Lipinski definition) is 1. The fourth-order valence-corrected chi connectivity index (χ4v) is 10.0. The van der Waals surface area contributed by atoms with Gasteiger partial charge in [-0.25, -0.2) is 0 Å². The van der Waals surface area contributed by atoms with E-state index in [2.05, 4.69) is 276 Å². The van der Waals surface area contributed by atoms with Crippen LogP contribution in [0.4, 0.5) is 17.1 Å². The molecule has 0 aliphatic carbocycles. The lowest BCUT2D eigenvalue weighted by Gasteiger charge is -2.31. The molecule has 2 nitrogen and oxygen atoms in total. The summed E-state index contributed by atoms with van der Waals surface area (Å²) >= 11 is 0. The Labute approximate surface area is 385 Å². The number of rotatable bonds is 9. The molecular formula is C64H44N2. The van der Waals surface area contributed by atoms with Gasteiger partial charge in [0.05, 0.1) is 22.4 Å². The summed E-state index contributed by atoms with van der Waals surface area (Å²) in [5, 5.41) is 4.92. The van der Waals surface area contributed by atoms with Crippen LogP contribution in [0, 0.1) is 0 Å². The minimum absolute atomic E-state index is 1.06. The maximum Gasteiger partial charge on any atom is 0.0619 e. The van der Waals surface area contributed by atoms with Crippen molar-refractivity contribution in [1.82, 2.24) is 4.57 Å². The van der Waals surface area contributed by atoms with E-state index in [0.717, 1.165) is 45.0 Å². The van der Waals surface area contributed by atoms with E-state index in [1.165, 1.54) is 66.0 Å². The number of aromatic nitrogens is 1. The van der Waals surface area contributed by atoms with Crippen LogP contribution in [0.3, 0.4) is 0 Å². The normalized spacial score (nSPS) is 11.3. The van der Waals surface area contributed by atoms with E-state index < -0.39 is 0 Å². The Kier molecular flexibility index (Phi) is 9.89. The Balaban J connectivity index is 1.10. The number of anilines is 3. The first kappa shape index (κ1) is 38.9. The topological polar surface area (TPSA) is 8.17 Å². The molecule has 0 unspecified atom stereocenters. The number of benzene rings is 11. The van der Waals surface area contributed by atoms with E-state index >= 15 is 0 Å². The molecule has 0 bridgehead atoms. The molecule has 0 N–H and O–H groups in total. The predicted octanol–water partition coefficient (Wildman–Crippen LogP) is 17.7. The van der Waals surface area contributed by atoms with E-state index in [1.54, 1.807) is 0 Å². The van der Waals surface area contributed by atoms with Crippen molar-refractivity contribution in [2.75, 3.05) is 4.90 Å². The quantitative estimate of drug-likeness (QED) is 0.141. The van der Waals surface area contributed by atoms with Gasteiger partial charge in [-0.3, -0.25) is 0 Å². The molecule has 0 spiro atoms. The molecule has 12 rings (SSSR count). The van der Waals surface area contributed by atoms with Crippen LogP contribution < -0.4 is 4.90 Å². The number of para-hydroxylation sites is 4. The van der Waals surface area contributed by atoms with Crippen molar-refractivity contribution >= 4 is 49.6 Å². The largest absolute Gasteiger partial charge is 0.309 e. The van der Waals surface area contributed by atoms with E-state index in [0.29, 0.717) is 0 Å². The van der Waals surface area contributed by atoms with Crippen molar-refractivity contribution in [2.24, 2.45) is 0 Å². The van der Waals surface area contributed by atoms with Gasteiger partial charge in [0, 0.05) is 38.8 Å². The summed E-state index contributed by atoms with van der Waals surface area (Å²) in [6, 6.07) is 97.0. The van der Waals surface area contributed by atoms with Crippen LogP contribution in [0.25, 0.3) is 93.9 Å². The molecule has 11 aromatic carbocycles. The minimum Gasteiger partial charge on any atom is -0.309 e. The summed E-state index contributed by atoms with van der Waals surface area (Å²) in [4.78, 5) is 2.47. The first-order chi connectivity index (χ1) is 32.8. The third-order valence-corrected chi connectivity index (χ3v) is 13.0. The number of fused-ring (bicyclic) bond motifs is 4. The van der Waals surface area contributed by atoms with Gasteiger partial charge in [-0.05, 0) is 98.2 Å². The Bertz CT molecular complexity index is 3660. The molecule has 0 amide bonds. The van der Waals surface area contributed by atoms with Crippen molar-refractivity contribution in [3.8, 4) is 61.3 Å². The average molecular weight is 841 g/mol. The highest BCUT2D eigenvalue weighted by Crippen LogP contribution is 2.48. The minimum atomic E-state index is 1.06. The van der Waals surface area contributed by atoms with Crippen LogP contribution in [0.5, 0.6) is 0 Å². The molecule has 0 saturated heterocycles. The Morgan fingerprint density at radius 1 is 0.288 bits per heavy atom. The highest BCUT2D eigenvalue weighted by Gasteiger charge is 2.24. The zero-order valence-corrected chi connectivity index (χ0v) is 36.3. The van der Waals surface area contributed by atoms with Crippen molar-refractivity contribution in [3.63, 3.8) is 0 Å². The zero-order chi connectivity index (χ0) is 43.8.